The number of phosphoric ester groups is 1. The van der Waals surface area contributed by atoms with E-state index in [1.807, 2.05) is 0 Å². The van der Waals surface area contributed by atoms with Gasteiger partial charge in [0, 0.05) is 16.3 Å². The van der Waals surface area contributed by atoms with Gasteiger partial charge < -0.3 is 23.9 Å². The third kappa shape index (κ3) is 6.28. The van der Waals surface area contributed by atoms with E-state index in [1.165, 1.54) is 6.07 Å². The number of benzene rings is 1. The second-order valence-electron chi connectivity index (χ2n) is 5.72. The summed E-state index contributed by atoms with van der Waals surface area (Å²) in [5, 5.41) is 0.500. The van der Waals surface area contributed by atoms with Gasteiger partial charge in [-0.3, -0.25) is 4.79 Å². The quantitative estimate of drug-likeness (QED) is 0.295. The van der Waals surface area contributed by atoms with Gasteiger partial charge in [-0.15, -0.1) is 11.6 Å². The Labute approximate surface area is 204 Å². The molecule has 2 aromatic rings. The monoisotopic (exact) mass is 436 g/mol. The minimum atomic E-state index is -5.16. The summed E-state index contributed by atoms with van der Waals surface area (Å²) in [5.41, 5.74) is 0.0152. The standard InChI is InChI=1S/C14H15Cl2N2O5P.2Na/c15-7-1-3-11-9(5-7)14(19)18-13(17-11)10-6-8(16)2-4-12(10)23-24(20,21)22;;/h1,3,5,8,10,12H,2,4,6H2,(H,17,18,19)(H2,20,21,22);;/q;2*+1/p-2. The molecule has 26 heavy (non-hydrogen) atoms. The molecule has 0 aliphatic heterocycles. The zero-order chi connectivity index (χ0) is 17.5. The molecular weight excluding hydrogens is 424 g/mol. The second kappa shape index (κ2) is 10.2. The molecule has 1 N–H and O–H groups in total. The van der Waals surface area contributed by atoms with Crippen molar-refractivity contribution in [3.8, 4) is 0 Å². The first-order valence-corrected chi connectivity index (χ1v) is 9.54. The second-order valence-corrected chi connectivity index (χ2v) is 7.88. The number of aromatic nitrogens is 2. The van der Waals surface area contributed by atoms with E-state index in [-0.39, 0.29) is 76.7 Å². The van der Waals surface area contributed by atoms with Crippen molar-refractivity contribution in [2.75, 3.05) is 0 Å². The number of nitrogens with zero attached hydrogens (tertiary/aromatic N) is 1. The number of phosphoric acid groups is 1. The van der Waals surface area contributed by atoms with Crippen molar-refractivity contribution in [3.05, 3.63) is 39.4 Å². The fourth-order valence-corrected chi connectivity index (χ4v) is 4.05. The first kappa shape index (κ1) is 25.1. The third-order valence-electron chi connectivity index (χ3n) is 4.02. The number of rotatable bonds is 3. The Bertz CT molecular complexity index is 878. The van der Waals surface area contributed by atoms with Crippen LogP contribution in [0, 0.1) is 0 Å². The Balaban J connectivity index is 0.00000169. The average molecular weight is 437 g/mol. The Kier molecular flexibility index (Phi) is 9.83. The van der Waals surface area contributed by atoms with Crippen LogP contribution in [0.15, 0.2) is 23.0 Å². The number of aromatic amines is 1. The Morgan fingerprint density at radius 3 is 2.62 bits per heavy atom. The molecule has 3 unspecified atom stereocenters. The fourth-order valence-electron chi connectivity index (χ4n) is 2.98. The molecule has 0 radical (unpaired) electrons. The number of alkyl halides is 1. The number of hydrogen-bond acceptors (Lipinski definition) is 6. The van der Waals surface area contributed by atoms with Gasteiger partial charge in [0.05, 0.1) is 24.8 Å². The number of fused-ring (bicyclic) bond motifs is 1. The summed E-state index contributed by atoms with van der Waals surface area (Å²) in [4.78, 5) is 41.2. The molecule has 3 atom stereocenters. The summed E-state index contributed by atoms with van der Waals surface area (Å²) in [6.07, 6.45) is 0.244. The molecule has 0 amide bonds. The summed E-state index contributed by atoms with van der Waals surface area (Å²) in [5.74, 6) is -0.344. The molecule has 12 heteroatoms. The van der Waals surface area contributed by atoms with Crippen molar-refractivity contribution in [2.45, 2.75) is 36.7 Å². The minimum absolute atomic E-state index is 0. The van der Waals surface area contributed by atoms with Gasteiger partial charge in [0.15, 0.2) is 0 Å². The van der Waals surface area contributed by atoms with Crippen molar-refractivity contribution >= 4 is 41.9 Å². The Morgan fingerprint density at radius 2 is 1.96 bits per heavy atom. The SMILES string of the molecule is O=c1[nH]c(C2CC(Cl)CCC2OP(=O)([O-])[O-])nc2ccc(Cl)cc12.[Na+].[Na+]. The van der Waals surface area contributed by atoms with E-state index in [0.29, 0.717) is 28.8 Å². The molecular formula is C14H13Cl2N2Na2O5P. The van der Waals surface area contributed by atoms with Crippen molar-refractivity contribution < 1.29 is 78.0 Å². The van der Waals surface area contributed by atoms with E-state index in [9.17, 15) is 19.1 Å². The van der Waals surface area contributed by atoms with Crippen molar-refractivity contribution in [3.63, 3.8) is 0 Å². The molecule has 0 bridgehead atoms. The number of halogens is 2. The van der Waals surface area contributed by atoms with Crippen LogP contribution in [0.25, 0.3) is 10.9 Å². The van der Waals surface area contributed by atoms with Crippen LogP contribution in [0.1, 0.15) is 31.0 Å². The number of hydrogen-bond donors (Lipinski definition) is 1. The minimum Gasteiger partial charge on any atom is -0.790 e. The predicted octanol–water partition coefficient (Wildman–Crippen LogP) is -4.33. The van der Waals surface area contributed by atoms with Crippen LogP contribution in [0.3, 0.4) is 0 Å². The van der Waals surface area contributed by atoms with E-state index in [0.717, 1.165) is 0 Å². The van der Waals surface area contributed by atoms with Crippen LogP contribution in [-0.4, -0.2) is 21.4 Å². The normalized spacial score (nSPS) is 23.2. The Hall–Kier alpha value is 1.05. The fraction of sp³-hybridized carbons (Fsp3) is 0.429. The van der Waals surface area contributed by atoms with Crippen LogP contribution < -0.4 is 74.5 Å². The molecule has 1 heterocycles. The molecule has 1 saturated carbocycles. The molecule has 3 rings (SSSR count). The van der Waals surface area contributed by atoms with Crippen LogP contribution in [0.2, 0.25) is 5.02 Å². The van der Waals surface area contributed by atoms with Gasteiger partial charge in [0.2, 0.25) is 0 Å². The molecule has 7 nitrogen and oxygen atoms in total. The van der Waals surface area contributed by atoms with Gasteiger partial charge in [-0.2, -0.15) is 0 Å². The largest absolute Gasteiger partial charge is 1.00 e. The van der Waals surface area contributed by atoms with Crippen LogP contribution in [-0.2, 0) is 9.09 Å². The van der Waals surface area contributed by atoms with Gasteiger partial charge >= 0.3 is 59.1 Å². The topological polar surface area (TPSA) is 118 Å². The van der Waals surface area contributed by atoms with Crippen LogP contribution in [0.4, 0.5) is 0 Å². The van der Waals surface area contributed by atoms with Crippen molar-refractivity contribution in [1.82, 2.24) is 9.97 Å². The van der Waals surface area contributed by atoms with E-state index in [1.54, 1.807) is 12.1 Å². The zero-order valence-corrected chi connectivity index (χ0v) is 20.7. The first-order valence-electron chi connectivity index (χ1n) is 7.27. The molecule has 0 spiro atoms. The van der Waals surface area contributed by atoms with Gasteiger partial charge in [0.1, 0.15) is 5.82 Å². The first-order chi connectivity index (χ1) is 11.2. The van der Waals surface area contributed by atoms with E-state index in [2.05, 4.69) is 14.5 Å². The van der Waals surface area contributed by atoms with E-state index < -0.39 is 25.4 Å². The molecule has 1 aliphatic rings. The van der Waals surface area contributed by atoms with Crippen LogP contribution >= 0.6 is 31.0 Å². The van der Waals surface area contributed by atoms with Gasteiger partial charge in [-0.1, -0.05) is 11.6 Å². The summed E-state index contributed by atoms with van der Waals surface area (Å²) >= 11 is 12.0. The van der Waals surface area contributed by atoms with E-state index in [4.69, 9.17) is 23.2 Å². The average Bonchev–Trinajstić information content (AvgIpc) is 2.48. The third-order valence-corrected chi connectivity index (χ3v) is 5.18. The molecule has 1 aliphatic carbocycles. The predicted molar refractivity (Wildman–Crippen MR) is 86.1 cm³/mol. The molecule has 1 fully saturated rings. The maximum Gasteiger partial charge on any atom is 1.00 e. The summed E-state index contributed by atoms with van der Waals surface area (Å²) < 4.78 is 15.7. The molecule has 0 saturated heterocycles. The number of nitrogens with one attached hydrogen (secondary N) is 1. The van der Waals surface area contributed by atoms with Crippen molar-refractivity contribution in [1.29, 1.82) is 0 Å². The maximum atomic E-state index is 12.3. The molecule has 130 valence electrons. The van der Waals surface area contributed by atoms with Crippen molar-refractivity contribution in [2.24, 2.45) is 0 Å². The molecule has 1 aromatic carbocycles. The van der Waals surface area contributed by atoms with Gasteiger partial charge in [-0.05, 0) is 37.5 Å². The number of H-pyrrole nitrogens is 1. The van der Waals surface area contributed by atoms with Gasteiger partial charge in [0.25, 0.3) is 5.56 Å². The maximum absolute atomic E-state index is 12.3. The molecule has 1 aromatic heterocycles. The summed E-state index contributed by atoms with van der Waals surface area (Å²) in [7, 11) is -5.16. The van der Waals surface area contributed by atoms with E-state index >= 15 is 0 Å². The summed E-state index contributed by atoms with van der Waals surface area (Å²) in [6, 6.07) is 4.69. The Morgan fingerprint density at radius 1 is 1.27 bits per heavy atom. The smallest absolute Gasteiger partial charge is 0.790 e. The van der Waals surface area contributed by atoms with Crippen LogP contribution in [0.5, 0.6) is 0 Å². The summed E-state index contributed by atoms with van der Waals surface area (Å²) in [6.45, 7) is 0. The zero-order valence-electron chi connectivity index (χ0n) is 14.3. The van der Waals surface area contributed by atoms with Gasteiger partial charge in [-0.25, -0.2) is 4.98 Å².